The van der Waals surface area contributed by atoms with E-state index < -0.39 is 0 Å². The van der Waals surface area contributed by atoms with Crippen LogP contribution >= 0.6 is 15.9 Å². The molecule has 4 nitrogen and oxygen atoms in total. The first-order chi connectivity index (χ1) is 13.5. The first-order valence-corrected chi connectivity index (χ1v) is 9.86. The zero-order valence-electron chi connectivity index (χ0n) is 15.1. The maximum Gasteiger partial charge on any atom is 0.293 e. The first-order valence-electron chi connectivity index (χ1n) is 9.07. The van der Waals surface area contributed by atoms with Crippen LogP contribution in [0.3, 0.4) is 0 Å². The topological polar surface area (TPSA) is 44.1 Å². The molecule has 0 atom stereocenters. The van der Waals surface area contributed by atoms with Gasteiger partial charge in [-0.3, -0.25) is 9.18 Å². The average molecular weight is 449 g/mol. The zero-order chi connectivity index (χ0) is 19.7. The molecule has 0 amide bonds. The predicted molar refractivity (Wildman–Crippen MR) is 105 cm³/mol. The van der Waals surface area contributed by atoms with Crippen molar-refractivity contribution >= 4 is 33.4 Å². The molecule has 0 bridgehead atoms. The molecular weight excluding hydrogens is 430 g/mol. The van der Waals surface area contributed by atoms with Crippen LogP contribution in [0.25, 0.3) is 11.0 Å². The number of alkyl halides is 1. The van der Waals surface area contributed by atoms with Crippen LogP contribution in [0.4, 0.5) is 8.78 Å². The molecule has 0 radical (unpaired) electrons. The highest BCUT2D eigenvalue weighted by Gasteiger charge is 2.43. The van der Waals surface area contributed by atoms with Gasteiger partial charge in [-0.25, -0.2) is 9.37 Å². The molecule has 28 heavy (non-hydrogen) atoms. The molecule has 1 fully saturated rings. The third-order valence-corrected chi connectivity index (χ3v) is 5.80. The lowest BCUT2D eigenvalue weighted by molar-refractivity contribution is -0.129. The number of halogens is 3. The van der Waals surface area contributed by atoms with Crippen molar-refractivity contribution in [2.24, 2.45) is 5.41 Å². The molecule has 1 aromatic heterocycles. The number of imidazole rings is 1. The number of benzene rings is 2. The van der Waals surface area contributed by atoms with Crippen molar-refractivity contribution in [3.8, 4) is 0 Å². The van der Waals surface area contributed by atoms with E-state index in [0.717, 1.165) is 29.4 Å². The number of rotatable bonds is 8. The molecule has 2 aromatic carbocycles. The first kappa shape index (κ1) is 19.1. The third kappa shape index (κ3) is 3.81. The molecule has 1 heterocycles. The highest BCUT2D eigenvalue weighted by Crippen LogP contribution is 2.48. The number of aromatic nitrogens is 2. The summed E-state index contributed by atoms with van der Waals surface area (Å²) in [7, 11) is 0. The van der Waals surface area contributed by atoms with Crippen molar-refractivity contribution in [2.45, 2.75) is 32.4 Å². The molecule has 0 unspecified atom stereocenters. The summed E-state index contributed by atoms with van der Waals surface area (Å²) in [6.45, 7) is 0.694. The van der Waals surface area contributed by atoms with E-state index in [0.29, 0.717) is 35.3 Å². The van der Waals surface area contributed by atoms with E-state index in [2.05, 4.69) is 15.9 Å². The van der Waals surface area contributed by atoms with Gasteiger partial charge >= 0.3 is 0 Å². The quantitative estimate of drug-likeness (QED) is 0.457. The summed E-state index contributed by atoms with van der Waals surface area (Å²) in [5.41, 5.74) is 2.62. The van der Waals surface area contributed by atoms with Gasteiger partial charge < -0.3 is 9.30 Å². The SMILES string of the molecule is O=COCc1ccc2nc(Cc3ccc(Br)cc3F)n(CC3(CF)CC3)c2c1. The lowest BCUT2D eigenvalue weighted by atomic mass is 10.1. The Balaban J connectivity index is 1.76. The average Bonchev–Trinajstić information content (AvgIpc) is 3.39. The highest BCUT2D eigenvalue weighted by molar-refractivity contribution is 9.10. The monoisotopic (exact) mass is 448 g/mol. The van der Waals surface area contributed by atoms with E-state index in [9.17, 15) is 13.6 Å². The summed E-state index contributed by atoms with van der Waals surface area (Å²) in [6, 6.07) is 10.6. The normalized spacial score (nSPS) is 15.0. The van der Waals surface area contributed by atoms with E-state index >= 15 is 0 Å². The Morgan fingerprint density at radius 3 is 2.75 bits per heavy atom. The van der Waals surface area contributed by atoms with Gasteiger partial charge in [0.1, 0.15) is 18.2 Å². The van der Waals surface area contributed by atoms with Crippen molar-refractivity contribution in [2.75, 3.05) is 6.67 Å². The molecule has 1 aliphatic carbocycles. The van der Waals surface area contributed by atoms with Crippen molar-refractivity contribution in [1.29, 1.82) is 0 Å². The minimum absolute atomic E-state index is 0.162. The number of hydrogen-bond acceptors (Lipinski definition) is 3. The molecule has 1 aliphatic rings. The number of carbonyl (C=O) groups excluding carboxylic acids is 1. The van der Waals surface area contributed by atoms with Crippen LogP contribution < -0.4 is 0 Å². The standard InChI is InChI=1S/C21H19BrF2N2O2/c22-16-3-2-15(17(24)9-16)8-20-25-18-4-1-14(10-28-13-27)7-19(18)26(20)12-21(11-23)5-6-21/h1-4,7,9,13H,5-6,8,10-12H2. The molecule has 0 N–H and O–H groups in total. The maximum absolute atomic E-state index is 14.4. The molecular formula is C21H19BrF2N2O2. The molecule has 4 rings (SSSR count). The van der Waals surface area contributed by atoms with Crippen LogP contribution in [0.15, 0.2) is 40.9 Å². The van der Waals surface area contributed by atoms with Gasteiger partial charge in [-0.05, 0) is 48.2 Å². The lowest BCUT2D eigenvalue weighted by Gasteiger charge is -2.16. The molecule has 146 valence electrons. The van der Waals surface area contributed by atoms with E-state index in [1.54, 1.807) is 12.1 Å². The summed E-state index contributed by atoms with van der Waals surface area (Å²) in [5, 5.41) is 0. The molecule has 0 saturated heterocycles. The van der Waals surface area contributed by atoms with Crippen molar-refractivity contribution in [3.63, 3.8) is 0 Å². The minimum Gasteiger partial charge on any atom is -0.463 e. The molecule has 0 aliphatic heterocycles. The second-order valence-electron chi connectivity index (χ2n) is 7.39. The third-order valence-electron chi connectivity index (χ3n) is 5.31. The fourth-order valence-electron chi connectivity index (χ4n) is 3.43. The van der Waals surface area contributed by atoms with E-state index in [1.165, 1.54) is 6.07 Å². The Bertz CT molecular complexity index is 1030. The second-order valence-corrected chi connectivity index (χ2v) is 8.31. The van der Waals surface area contributed by atoms with Gasteiger partial charge in [0.15, 0.2) is 0 Å². The Hall–Kier alpha value is -2.28. The van der Waals surface area contributed by atoms with E-state index in [4.69, 9.17) is 9.72 Å². The van der Waals surface area contributed by atoms with Crippen molar-refractivity contribution in [1.82, 2.24) is 9.55 Å². The fraction of sp³-hybridized carbons (Fsp3) is 0.333. The van der Waals surface area contributed by atoms with Crippen molar-refractivity contribution in [3.05, 3.63) is 63.6 Å². The van der Waals surface area contributed by atoms with Gasteiger partial charge in [0, 0.05) is 22.9 Å². The maximum atomic E-state index is 14.4. The number of nitrogens with zero attached hydrogens (tertiary/aromatic N) is 2. The smallest absolute Gasteiger partial charge is 0.293 e. The highest BCUT2D eigenvalue weighted by atomic mass is 79.9. The van der Waals surface area contributed by atoms with Crippen LogP contribution in [-0.4, -0.2) is 22.7 Å². The second kappa shape index (κ2) is 7.62. The molecule has 7 heteroatoms. The van der Waals surface area contributed by atoms with Gasteiger partial charge in [0.05, 0.1) is 17.7 Å². The van der Waals surface area contributed by atoms with E-state index in [1.807, 2.05) is 22.8 Å². The molecule has 3 aromatic rings. The van der Waals surface area contributed by atoms with Gasteiger partial charge in [-0.15, -0.1) is 0 Å². The Labute approximate surface area is 169 Å². The lowest BCUT2D eigenvalue weighted by Crippen LogP contribution is -2.16. The summed E-state index contributed by atoms with van der Waals surface area (Å²) < 4.78 is 35.5. The van der Waals surface area contributed by atoms with Crippen LogP contribution in [0.1, 0.15) is 29.8 Å². The molecule has 1 saturated carbocycles. The largest absolute Gasteiger partial charge is 0.463 e. The Morgan fingerprint density at radius 2 is 2.07 bits per heavy atom. The fourth-order valence-corrected chi connectivity index (χ4v) is 3.76. The number of ether oxygens (including phenoxy) is 1. The van der Waals surface area contributed by atoms with Crippen LogP contribution in [0, 0.1) is 11.2 Å². The van der Waals surface area contributed by atoms with Crippen LogP contribution in [0.5, 0.6) is 0 Å². The van der Waals surface area contributed by atoms with Crippen molar-refractivity contribution < 1.29 is 18.3 Å². The minimum atomic E-state index is -0.382. The number of hydrogen-bond donors (Lipinski definition) is 0. The summed E-state index contributed by atoms with van der Waals surface area (Å²) in [5.74, 6) is 0.393. The summed E-state index contributed by atoms with van der Waals surface area (Å²) in [4.78, 5) is 15.2. The summed E-state index contributed by atoms with van der Waals surface area (Å²) >= 11 is 3.27. The summed E-state index contributed by atoms with van der Waals surface area (Å²) in [6.07, 6.45) is 1.99. The van der Waals surface area contributed by atoms with Gasteiger partial charge in [0.25, 0.3) is 6.47 Å². The van der Waals surface area contributed by atoms with E-state index in [-0.39, 0.29) is 24.5 Å². The Kier molecular flexibility index (Phi) is 5.19. The zero-order valence-corrected chi connectivity index (χ0v) is 16.7. The Morgan fingerprint density at radius 1 is 1.25 bits per heavy atom. The molecule has 0 spiro atoms. The van der Waals surface area contributed by atoms with Crippen LogP contribution in [-0.2, 0) is 29.1 Å². The van der Waals surface area contributed by atoms with Gasteiger partial charge in [0.2, 0.25) is 0 Å². The number of carbonyl (C=O) groups is 1. The van der Waals surface area contributed by atoms with Gasteiger partial charge in [-0.1, -0.05) is 28.1 Å². The number of fused-ring (bicyclic) bond motifs is 1. The van der Waals surface area contributed by atoms with Crippen LogP contribution in [0.2, 0.25) is 0 Å². The predicted octanol–water partition coefficient (Wildman–Crippen LogP) is 4.95. The van der Waals surface area contributed by atoms with Gasteiger partial charge in [-0.2, -0.15) is 0 Å².